The van der Waals surface area contributed by atoms with Crippen molar-refractivity contribution in [3.63, 3.8) is 0 Å². The molecule has 1 N–H and O–H groups in total. The molecular weight excluding hydrogens is 485 g/mol. The first-order valence-corrected chi connectivity index (χ1v) is 9.31. The summed E-state index contributed by atoms with van der Waals surface area (Å²) in [7, 11) is -2.67. The summed E-state index contributed by atoms with van der Waals surface area (Å²) >= 11 is 19.8. The highest BCUT2D eigenvalue weighted by Gasteiger charge is 2.23. The Morgan fingerprint density at radius 1 is 1.27 bits per heavy atom. The second-order valence-corrected chi connectivity index (χ2v) is 7.94. The van der Waals surface area contributed by atoms with Crippen molar-refractivity contribution in [2.75, 3.05) is 11.8 Å². The Labute approximate surface area is 156 Å². The fraction of sp³-hybridized carbons (Fsp3) is 0.0833. The third kappa shape index (κ3) is 3.70. The number of nitrogens with zero attached hydrogens (tertiary/aromatic N) is 1. The Kier molecular flexibility index (Phi) is 5.65. The summed E-state index contributed by atoms with van der Waals surface area (Å²) in [6.07, 6.45) is 1.29. The van der Waals surface area contributed by atoms with Crippen molar-refractivity contribution in [2.45, 2.75) is 4.90 Å². The number of ether oxygens (including phenoxy) is 1. The van der Waals surface area contributed by atoms with Crippen LogP contribution in [0.1, 0.15) is 0 Å². The average molecular weight is 494 g/mol. The van der Waals surface area contributed by atoms with E-state index in [0.717, 1.165) is 0 Å². The molecule has 5 nitrogen and oxygen atoms in total. The minimum absolute atomic E-state index is 0.0725. The number of hydrogen-bond acceptors (Lipinski definition) is 4. The van der Waals surface area contributed by atoms with Crippen LogP contribution in [0.5, 0.6) is 5.88 Å². The van der Waals surface area contributed by atoms with Crippen molar-refractivity contribution >= 4 is 73.1 Å². The Hall–Kier alpha value is -0.480. The van der Waals surface area contributed by atoms with Crippen LogP contribution in [-0.4, -0.2) is 20.5 Å². The van der Waals surface area contributed by atoms with Crippen molar-refractivity contribution in [2.24, 2.45) is 0 Å². The molecule has 0 bridgehead atoms. The minimum atomic E-state index is -3.98. The molecule has 0 aliphatic heterocycles. The monoisotopic (exact) mass is 492 g/mol. The second kappa shape index (κ2) is 6.96. The van der Waals surface area contributed by atoms with Gasteiger partial charge in [-0.2, -0.15) is 0 Å². The molecule has 0 spiro atoms. The molecule has 0 aliphatic rings. The summed E-state index contributed by atoms with van der Waals surface area (Å²) in [4.78, 5) is 3.64. The quantitative estimate of drug-likeness (QED) is 0.505. The van der Waals surface area contributed by atoms with Gasteiger partial charge < -0.3 is 4.74 Å². The molecule has 0 saturated carbocycles. The summed E-state index contributed by atoms with van der Waals surface area (Å²) in [6, 6.07) is 4.25. The van der Waals surface area contributed by atoms with Gasteiger partial charge in [0, 0.05) is 6.20 Å². The first-order chi connectivity index (χ1) is 10.3. The Morgan fingerprint density at radius 3 is 2.59 bits per heavy atom. The topological polar surface area (TPSA) is 68.3 Å². The van der Waals surface area contributed by atoms with Crippen LogP contribution in [0.15, 0.2) is 29.3 Å². The average Bonchev–Trinajstić information content (AvgIpc) is 2.48. The molecule has 0 saturated heterocycles. The second-order valence-electron chi connectivity index (χ2n) is 3.99. The third-order valence-corrected chi connectivity index (χ3v) is 6.58. The van der Waals surface area contributed by atoms with Crippen molar-refractivity contribution in [1.29, 1.82) is 0 Å². The van der Waals surface area contributed by atoms with Gasteiger partial charge in [-0.05, 0) is 40.8 Å². The van der Waals surface area contributed by atoms with Gasteiger partial charge in [0.2, 0.25) is 5.88 Å². The van der Waals surface area contributed by atoms with E-state index in [-0.39, 0.29) is 26.5 Å². The number of aromatic nitrogens is 1. The maximum Gasteiger partial charge on any atom is 0.267 e. The molecule has 0 unspecified atom stereocenters. The number of methoxy groups -OCH3 is 1. The van der Waals surface area contributed by atoms with E-state index in [0.29, 0.717) is 8.59 Å². The van der Waals surface area contributed by atoms with E-state index < -0.39 is 10.0 Å². The lowest BCUT2D eigenvalue weighted by atomic mass is 10.3. The first-order valence-electron chi connectivity index (χ1n) is 5.62. The molecular formula is C12H8Cl3IN2O3S. The van der Waals surface area contributed by atoms with E-state index in [4.69, 9.17) is 39.5 Å². The van der Waals surface area contributed by atoms with Crippen molar-refractivity contribution < 1.29 is 13.2 Å². The van der Waals surface area contributed by atoms with Crippen LogP contribution in [0.3, 0.4) is 0 Å². The van der Waals surface area contributed by atoms with E-state index in [2.05, 4.69) is 9.71 Å². The smallest absolute Gasteiger partial charge is 0.267 e. The molecule has 22 heavy (non-hydrogen) atoms. The number of halogens is 4. The number of nitrogens with one attached hydrogen (secondary N) is 1. The number of hydrogen-bond donors (Lipinski definition) is 1. The maximum absolute atomic E-state index is 12.5. The fourth-order valence-electron chi connectivity index (χ4n) is 1.56. The van der Waals surface area contributed by atoms with E-state index in [1.165, 1.54) is 25.4 Å². The molecule has 2 rings (SSSR count). The van der Waals surface area contributed by atoms with Gasteiger partial charge in [-0.25, -0.2) is 13.4 Å². The highest BCUT2D eigenvalue weighted by atomic mass is 127. The minimum Gasteiger partial charge on any atom is -0.480 e. The van der Waals surface area contributed by atoms with Gasteiger partial charge in [0.05, 0.1) is 31.4 Å². The number of sulfonamides is 1. The molecule has 1 aromatic carbocycles. The molecule has 2 aromatic rings. The summed E-state index contributed by atoms with van der Waals surface area (Å²) < 4.78 is 32.9. The van der Waals surface area contributed by atoms with Crippen LogP contribution < -0.4 is 9.46 Å². The van der Waals surface area contributed by atoms with Crippen LogP contribution >= 0.6 is 57.4 Å². The number of anilines is 1. The van der Waals surface area contributed by atoms with E-state index >= 15 is 0 Å². The molecule has 10 heteroatoms. The number of benzene rings is 1. The number of pyridine rings is 1. The lowest BCUT2D eigenvalue weighted by molar-refractivity contribution is 0.385. The molecule has 0 amide bonds. The van der Waals surface area contributed by atoms with Gasteiger partial charge in [0.1, 0.15) is 0 Å². The van der Waals surface area contributed by atoms with Gasteiger partial charge in [-0.1, -0.05) is 34.8 Å². The predicted octanol–water partition coefficient (Wildman–Crippen LogP) is 4.46. The molecule has 0 aliphatic carbocycles. The van der Waals surface area contributed by atoms with Gasteiger partial charge in [-0.3, -0.25) is 4.72 Å². The first kappa shape index (κ1) is 17.9. The van der Waals surface area contributed by atoms with E-state index in [1.54, 1.807) is 6.07 Å². The van der Waals surface area contributed by atoms with E-state index in [9.17, 15) is 8.42 Å². The Balaban J connectivity index is 2.49. The lowest BCUT2D eigenvalue weighted by Crippen LogP contribution is -2.15. The largest absolute Gasteiger partial charge is 0.480 e. The highest BCUT2D eigenvalue weighted by molar-refractivity contribution is 14.1. The van der Waals surface area contributed by atoms with Crippen LogP contribution in [-0.2, 0) is 10.0 Å². The van der Waals surface area contributed by atoms with E-state index in [1.807, 2.05) is 22.6 Å². The van der Waals surface area contributed by atoms with Crippen LogP contribution in [0.2, 0.25) is 15.1 Å². The Bertz CT molecular complexity index is 831. The summed E-state index contributed by atoms with van der Waals surface area (Å²) in [6.45, 7) is 0. The predicted molar refractivity (Wildman–Crippen MR) is 95.8 cm³/mol. The molecule has 1 aromatic heterocycles. The molecule has 1 heterocycles. The SMILES string of the molecule is COc1ncc(Cl)cc1S(=O)(=O)Nc1ccc(Cl)c(I)c1Cl. The van der Waals surface area contributed by atoms with Crippen molar-refractivity contribution in [3.05, 3.63) is 43.0 Å². The summed E-state index contributed by atoms with van der Waals surface area (Å²) in [5, 5.41) is 0.791. The normalized spacial score (nSPS) is 11.3. The van der Waals surface area contributed by atoms with Gasteiger partial charge in [-0.15, -0.1) is 0 Å². The van der Waals surface area contributed by atoms with Crippen LogP contribution in [0, 0.1) is 3.57 Å². The third-order valence-electron chi connectivity index (χ3n) is 2.55. The number of rotatable bonds is 4. The summed E-state index contributed by atoms with van der Waals surface area (Å²) in [5.74, 6) is -0.0725. The zero-order valence-corrected chi connectivity index (χ0v) is 16.1. The van der Waals surface area contributed by atoms with Crippen molar-refractivity contribution in [1.82, 2.24) is 4.98 Å². The maximum atomic E-state index is 12.5. The summed E-state index contributed by atoms with van der Waals surface area (Å²) in [5.41, 5.74) is 0.192. The Morgan fingerprint density at radius 2 is 1.95 bits per heavy atom. The molecule has 0 fully saturated rings. The van der Waals surface area contributed by atoms with Crippen LogP contribution in [0.4, 0.5) is 5.69 Å². The zero-order chi connectivity index (χ0) is 16.5. The van der Waals surface area contributed by atoms with Crippen molar-refractivity contribution in [3.8, 4) is 5.88 Å². The highest BCUT2D eigenvalue weighted by Crippen LogP contribution is 2.35. The lowest BCUT2D eigenvalue weighted by Gasteiger charge is -2.13. The van der Waals surface area contributed by atoms with Gasteiger partial charge >= 0.3 is 0 Å². The standard InChI is InChI=1S/C12H8Cl3IN2O3S/c1-21-12-9(4-6(13)5-17-12)22(19,20)18-8-3-2-7(14)11(16)10(8)15/h2-5,18H,1H3. The molecule has 118 valence electrons. The van der Waals surface area contributed by atoms with Gasteiger partial charge in [0.25, 0.3) is 10.0 Å². The molecule has 0 atom stereocenters. The zero-order valence-electron chi connectivity index (χ0n) is 10.9. The van der Waals surface area contributed by atoms with Gasteiger partial charge in [0.15, 0.2) is 4.90 Å². The van der Waals surface area contributed by atoms with Crippen LogP contribution in [0.25, 0.3) is 0 Å². The molecule has 0 radical (unpaired) electrons. The fourth-order valence-corrected chi connectivity index (χ4v) is 3.94.